The summed E-state index contributed by atoms with van der Waals surface area (Å²) in [5.74, 6) is 0.411. The van der Waals surface area contributed by atoms with Crippen LogP contribution in [0.5, 0.6) is 0 Å². The van der Waals surface area contributed by atoms with Gasteiger partial charge in [0.25, 0.3) is 0 Å². The van der Waals surface area contributed by atoms with Gasteiger partial charge in [-0.2, -0.15) is 0 Å². The minimum Gasteiger partial charge on any atom is -0.392 e. The second-order valence-corrected chi connectivity index (χ2v) is 6.38. The quantitative estimate of drug-likeness (QED) is 0.853. The van der Waals surface area contributed by atoms with Gasteiger partial charge in [-0.1, -0.05) is 55.5 Å². The van der Waals surface area contributed by atoms with E-state index in [1.165, 1.54) is 0 Å². The van der Waals surface area contributed by atoms with Gasteiger partial charge in [-0.25, -0.2) is 0 Å². The number of rotatable bonds is 3. The molecule has 0 heterocycles. The van der Waals surface area contributed by atoms with Crippen LogP contribution in [0.3, 0.4) is 0 Å². The summed E-state index contributed by atoms with van der Waals surface area (Å²) in [6.45, 7) is 2.11. The Bertz CT molecular complexity index is 714. The molecule has 0 aliphatic heterocycles. The molecule has 1 aliphatic carbocycles. The topological polar surface area (TPSA) is 55.1 Å². The molecule has 108 valence electrons. The normalized spacial score (nSPS) is 24.3. The number of carbonyl (C=O) groups is 1. The van der Waals surface area contributed by atoms with Crippen molar-refractivity contribution in [3.63, 3.8) is 0 Å². The van der Waals surface area contributed by atoms with Gasteiger partial charge >= 0.3 is 0 Å². The largest absolute Gasteiger partial charge is 0.392 e. The predicted octanol–water partition coefficient (Wildman–Crippen LogP) is 3.48. The number of hydrogen-bond acceptors (Lipinski definition) is 2. The molecule has 0 saturated heterocycles. The molecule has 0 atom stereocenters. The molecule has 3 rings (SSSR count). The van der Waals surface area contributed by atoms with Crippen molar-refractivity contribution in [1.29, 1.82) is 0 Å². The lowest BCUT2D eigenvalue weighted by molar-refractivity contribution is -0.127. The summed E-state index contributed by atoms with van der Waals surface area (Å²) in [5.41, 5.74) is 5.97. The molecule has 21 heavy (non-hydrogen) atoms. The van der Waals surface area contributed by atoms with Crippen molar-refractivity contribution in [3.05, 3.63) is 42.5 Å². The molecule has 2 aromatic rings. The highest BCUT2D eigenvalue weighted by Gasteiger charge is 2.50. The van der Waals surface area contributed by atoms with Gasteiger partial charge in [-0.05, 0) is 30.2 Å². The van der Waals surface area contributed by atoms with Gasteiger partial charge in [-0.15, -0.1) is 0 Å². The maximum atomic E-state index is 12.7. The lowest BCUT2D eigenvalue weighted by Gasteiger charge is -2.44. The van der Waals surface area contributed by atoms with Crippen LogP contribution in [0.4, 0.5) is 5.69 Å². The Kier molecular flexibility index (Phi) is 3.41. The Morgan fingerprint density at radius 3 is 2.57 bits per heavy atom. The van der Waals surface area contributed by atoms with Gasteiger partial charge in [0.2, 0.25) is 5.91 Å². The second kappa shape index (κ2) is 5.11. The summed E-state index contributed by atoms with van der Waals surface area (Å²) >= 11 is 5.14. The van der Waals surface area contributed by atoms with Gasteiger partial charge in [0.05, 0.1) is 10.4 Å². The van der Waals surface area contributed by atoms with E-state index < -0.39 is 5.41 Å². The molecule has 0 bridgehead atoms. The number of thiocarbonyl (C=S) groups is 1. The highest BCUT2D eigenvalue weighted by molar-refractivity contribution is 7.80. The number of anilines is 1. The van der Waals surface area contributed by atoms with Crippen LogP contribution in [-0.2, 0) is 4.79 Å². The lowest BCUT2D eigenvalue weighted by Crippen LogP contribution is -2.53. The second-order valence-electron chi connectivity index (χ2n) is 5.94. The molecule has 3 N–H and O–H groups in total. The first-order chi connectivity index (χ1) is 10.0. The summed E-state index contributed by atoms with van der Waals surface area (Å²) < 4.78 is 0. The molecule has 0 aromatic heterocycles. The fourth-order valence-electron chi connectivity index (χ4n) is 3.20. The first kappa shape index (κ1) is 14.0. The van der Waals surface area contributed by atoms with Crippen LogP contribution in [0.25, 0.3) is 10.8 Å². The fraction of sp³-hybridized carbons (Fsp3) is 0.294. The van der Waals surface area contributed by atoms with Gasteiger partial charge < -0.3 is 11.1 Å². The highest BCUT2D eigenvalue weighted by Crippen LogP contribution is 2.46. The van der Waals surface area contributed by atoms with Gasteiger partial charge in [-0.3, -0.25) is 4.79 Å². The van der Waals surface area contributed by atoms with Gasteiger partial charge in [0.15, 0.2) is 0 Å². The lowest BCUT2D eigenvalue weighted by atomic mass is 9.62. The maximum Gasteiger partial charge on any atom is 0.237 e. The molecule has 0 unspecified atom stereocenters. The fourth-order valence-corrected chi connectivity index (χ4v) is 3.46. The Morgan fingerprint density at radius 2 is 1.90 bits per heavy atom. The third kappa shape index (κ3) is 2.29. The standard InChI is InChI=1S/C17H18N2OS/c1-11-9-17(10-11,15(18)21)16(20)19-14-8-4-6-12-5-2-3-7-13(12)14/h2-8,11H,9-10H2,1H3,(H2,18,21)(H,19,20). The molecule has 3 nitrogen and oxygen atoms in total. The molecular weight excluding hydrogens is 280 g/mol. The number of nitrogens with two attached hydrogens (primary N) is 1. The third-order valence-corrected chi connectivity index (χ3v) is 4.73. The van der Waals surface area contributed by atoms with Crippen LogP contribution < -0.4 is 11.1 Å². The zero-order valence-electron chi connectivity index (χ0n) is 11.9. The van der Waals surface area contributed by atoms with Crippen LogP contribution >= 0.6 is 12.2 Å². The van der Waals surface area contributed by atoms with Crippen molar-refractivity contribution in [2.45, 2.75) is 19.8 Å². The van der Waals surface area contributed by atoms with Crippen molar-refractivity contribution >= 4 is 39.6 Å². The molecule has 1 aliphatic rings. The smallest absolute Gasteiger partial charge is 0.237 e. The summed E-state index contributed by atoms with van der Waals surface area (Å²) in [5, 5.41) is 5.15. The minimum absolute atomic E-state index is 0.0792. The number of amides is 1. The van der Waals surface area contributed by atoms with Gasteiger partial charge in [0.1, 0.15) is 0 Å². The molecule has 0 radical (unpaired) electrons. The van der Waals surface area contributed by atoms with Crippen molar-refractivity contribution in [2.24, 2.45) is 17.1 Å². The van der Waals surface area contributed by atoms with E-state index in [0.29, 0.717) is 10.9 Å². The average molecular weight is 298 g/mol. The van der Waals surface area contributed by atoms with E-state index in [0.717, 1.165) is 29.3 Å². The molecule has 0 spiro atoms. The number of carbonyl (C=O) groups excluding carboxylic acids is 1. The van der Waals surface area contributed by atoms with E-state index in [1.807, 2.05) is 42.5 Å². The molecule has 1 amide bonds. The number of nitrogens with one attached hydrogen (secondary N) is 1. The summed E-state index contributed by atoms with van der Waals surface area (Å²) in [6.07, 6.45) is 1.47. The monoisotopic (exact) mass is 298 g/mol. The van der Waals surface area contributed by atoms with E-state index in [-0.39, 0.29) is 5.91 Å². The molecule has 4 heteroatoms. The number of benzene rings is 2. The minimum atomic E-state index is -0.675. The molecular formula is C17H18N2OS. The Hall–Kier alpha value is -1.94. The summed E-state index contributed by atoms with van der Waals surface area (Å²) in [6, 6.07) is 13.9. The van der Waals surface area contributed by atoms with E-state index >= 15 is 0 Å². The Balaban J connectivity index is 1.92. The summed E-state index contributed by atoms with van der Waals surface area (Å²) in [7, 11) is 0. The van der Waals surface area contributed by atoms with Crippen molar-refractivity contribution < 1.29 is 4.79 Å². The highest BCUT2D eigenvalue weighted by atomic mass is 32.1. The van der Waals surface area contributed by atoms with Crippen molar-refractivity contribution in [3.8, 4) is 0 Å². The predicted molar refractivity (Wildman–Crippen MR) is 90.2 cm³/mol. The molecule has 1 saturated carbocycles. The van der Waals surface area contributed by atoms with Crippen LogP contribution in [-0.4, -0.2) is 10.9 Å². The van der Waals surface area contributed by atoms with E-state index in [4.69, 9.17) is 18.0 Å². The van der Waals surface area contributed by atoms with E-state index in [2.05, 4.69) is 12.2 Å². The first-order valence-electron chi connectivity index (χ1n) is 7.12. The van der Waals surface area contributed by atoms with Gasteiger partial charge in [0, 0.05) is 11.1 Å². The van der Waals surface area contributed by atoms with Crippen LogP contribution in [0.2, 0.25) is 0 Å². The number of fused-ring (bicyclic) bond motifs is 1. The van der Waals surface area contributed by atoms with Crippen molar-refractivity contribution in [2.75, 3.05) is 5.32 Å². The molecule has 1 fully saturated rings. The Labute approximate surface area is 129 Å². The van der Waals surface area contributed by atoms with Crippen molar-refractivity contribution in [1.82, 2.24) is 0 Å². The number of hydrogen-bond donors (Lipinski definition) is 2. The van der Waals surface area contributed by atoms with E-state index in [1.54, 1.807) is 0 Å². The van der Waals surface area contributed by atoms with E-state index in [9.17, 15) is 4.79 Å². The average Bonchev–Trinajstić information content (AvgIpc) is 2.43. The van der Waals surface area contributed by atoms with Crippen LogP contribution in [0.1, 0.15) is 19.8 Å². The zero-order chi connectivity index (χ0) is 15.0. The zero-order valence-corrected chi connectivity index (χ0v) is 12.7. The van der Waals surface area contributed by atoms with Crippen LogP contribution in [0.15, 0.2) is 42.5 Å². The van der Waals surface area contributed by atoms with Crippen LogP contribution in [0, 0.1) is 11.3 Å². The summed E-state index contributed by atoms with van der Waals surface area (Å²) in [4.78, 5) is 13.0. The Morgan fingerprint density at radius 1 is 1.24 bits per heavy atom. The first-order valence-corrected chi connectivity index (χ1v) is 7.53. The maximum absolute atomic E-state index is 12.7. The third-order valence-electron chi connectivity index (χ3n) is 4.34. The molecule has 2 aromatic carbocycles. The SMILES string of the molecule is CC1CC(C(=O)Nc2cccc3ccccc23)(C(N)=S)C1.